The van der Waals surface area contributed by atoms with Crippen molar-refractivity contribution in [3.8, 4) is 0 Å². The summed E-state index contributed by atoms with van der Waals surface area (Å²) in [6.45, 7) is 8.35. The van der Waals surface area contributed by atoms with E-state index in [1.807, 2.05) is 19.1 Å². The van der Waals surface area contributed by atoms with Gasteiger partial charge in [0, 0.05) is 41.9 Å². The Bertz CT molecular complexity index is 532. The average molecular weight is 310 g/mol. The maximum absolute atomic E-state index is 11.6. The van der Waals surface area contributed by atoms with Gasteiger partial charge in [-0.25, -0.2) is 0 Å². The largest absolute Gasteiger partial charge is 0.370 e. The van der Waals surface area contributed by atoms with Crippen LogP contribution in [-0.4, -0.2) is 25.0 Å². The van der Waals surface area contributed by atoms with E-state index in [0.717, 1.165) is 35.8 Å². The summed E-state index contributed by atoms with van der Waals surface area (Å²) in [5, 5.41) is 4.16. The van der Waals surface area contributed by atoms with E-state index in [1.54, 1.807) is 0 Å². The Labute approximate surface area is 131 Å². The molecular weight excluding hydrogens is 286 g/mol. The molecule has 21 heavy (non-hydrogen) atoms. The number of primary amides is 1. The van der Waals surface area contributed by atoms with Crippen molar-refractivity contribution in [2.75, 3.05) is 18.0 Å². The Morgan fingerprint density at radius 1 is 1.52 bits per heavy atom. The molecule has 1 aromatic carbocycles. The van der Waals surface area contributed by atoms with Gasteiger partial charge in [0.15, 0.2) is 0 Å². The monoisotopic (exact) mass is 309 g/mol. The topological polar surface area (TPSA) is 58.4 Å². The van der Waals surface area contributed by atoms with Crippen molar-refractivity contribution in [3.05, 3.63) is 28.8 Å². The lowest BCUT2D eigenvalue weighted by molar-refractivity contribution is -0.125. The molecule has 1 heterocycles. The van der Waals surface area contributed by atoms with E-state index in [-0.39, 0.29) is 5.91 Å². The number of benzene rings is 1. The molecule has 1 fully saturated rings. The molecule has 1 aromatic rings. The maximum atomic E-state index is 11.6. The average Bonchev–Trinajstić information content (AvgIpc) is 2.81. The van der Waals surface area contributed by atoms with Gasteiger partial charge in [-0.15, -0.1) is 0 Å². The summed E-state index contributed by atoms with van der Waals surface area (Å²) in [4.78, 5) is 13.8. The molecule has 116 valence electrons. The standard InChI is InChI=1S/C16H24ClN3O/c1-11(2)19-9-12-13(17)5-4-6-14(12)20-8-7-16(3,10-20)15(18)21/h4-6,11,19H,7-10H2,1-3H3,(H2,18,21). The summed E-state index contributed by atoms with van der Waals surface area (Å²) in [5.74, 6) is -0.228. The fourth-order valence-corrected chi connectivity index (χ4v) is 2.93. The van der Waals surface area contributed by atoms with Gasteiger partial charge < -0.3 is 16.0 Å². The van der Waals surface area contributed by atoms with Crippen LogP contribution in [0.1, 0.15) is 32.8 Å². The highest BCUT2D eigenvalue weighted by atomic mass is 35.5. The number of rotatable bonds is 5. The first-order chi connectivity index (χ1) is 9.83. The molecule has 3 N–H and O–H groups in total. The van der Waals surface area contributed by atoms with Crippen LogP contribution in [-0.2, 0) is 11.3 Å². The smallest absolute Gasteiger partial charge is 0.225 e. The summed E-state index contributed by atoms with van der Waals surface area (Å²) >= 11 is 6.37. The van der Waals surface area contributed by atoms with Crippen molar-refractivity contribution in [2.24, 2.45) is 11.1 Å². The van der Waals surface area contributed by atoms with Crippen LogP contribution in [0.5, 0.6) is 0 Å². The van der Waals surface area contributed by atoms with Crippen LogP contribution in [0.3, 0.4) is 0 Å². The van der Waals surface area contributed by atoms with Gasteiger partial charge in [-0.3, -0.25) is 4.79 Å². The Morgan fingerprint density at radius 3 is 2.81 bits per heavy atom. The van der Waals surface area contributed by atoms with Crippen molar-refractivity contribution in [2.45, 2.75) is 39.8 Å². The van der Waals surface area contributed by atoms with Crippen LogP contribution < -0.4 is 16.0 Å². The molecule has 4 nitrogen and oxygen atoms in total. The van der Waals surface area contributed by atoms with E-state index in [2.05, 4.69) is 30.1 Å². The molecule has 1 aliphatic heterocycles. The zero-order valence-corrected chi connectivity index (χ0v) is 13.7. The van der Waals surface area contributed by atoms with Gasteiger partial charge in [0.1, 0.15) is 0 Å². The summed E-state index contributed by atoms with van der Waals surface area (Å²) in [5.41, 5.74) is 7.26. The van der Waals surface area contributed by atoms with E-state index in [0.29, 0.717) is 12.6 Å². The SMILES string of the molecule is CC(C)NCc1c(Cl)cccc1N1CCC(C)(C(N)=O)C1. The van der Waals surface area contributed by atoms with Gasteiger partial charge in [0.05, 0.1) is 5.41 Å². The van der Waals surface area contributed by atoms with Crippen molar-refractivity contribution in [1.82, 2.24) is 5.32 Å². The van der Waals surface area contributed by atoms with Crippen molar-refractivity contribution in [1.29, 1.82) is 0 Å². The molecule has 1 saturated heterocycles. The van der Waals surface area contributed by atoms with Crippen LogP contribution in [0.2, 0.25) is 5.02 Å². The van der Waals surface area contributed by atoms with Crippen LogP contribution in [0, 0.1) is 5.41 Å². The van der Waals surface area contributed by atoms with Crippen molar-refractivity contribution in [3.63, 3.8) is 0 Å². The number of halogens is 1. The number of nitrogens with two attached hydrogens (primary N) is 1. The van der Waals surface area contributed by atoms with Gasteiger partial charge in [-0.1, -0.05) is 31.5 Å². The summed E-state index contributed by atoms with van der Waals surface area (Å²) < 4.78 is 0. The Balaban J connectivity index is 2.24. The fourth-order valence-electron chi connectivity index (χ4n) is 2.69. The molecule has 5 heteroatoms. The normalized spacial score (nSPS) is 22.0. The highest BCUT2D eigenvalue weighted by Crippen LogP contribution is 2.36. The second kappa shape index (κ2) is 6.24. The number of anilines is 1. The highest BCUT2D eigenvalue weighted by Gasteiger charge is 2.39. The van der Waals surface area contributed by atoms with Crippen molar-refractivity contribution < 1.29 is 4.79 Å². The lowest BCUT2D eigenvalue weighted by atomic mass is 9.89. The second-order valence-electron chi connectivity index (χ2n) is 6.37. The van der Waals surface area contributed by atoms with Gasteiger partial charge in [-0.05, 0) is 25.5 Å². The molecule has 0 spiro atoms. The van der Waals surface area contributed by atoms with E-state index in [4.69, 9.17) is 17.3 Å². The van der Waals surface area contributed by atoms with E-state index >= 15 is 0 Å². The molecule has 0 bridgehead atoms. The molecule has 0 radical (unpaired) electrons. The van der Waals surface area contributed by atoms with Gasteiger partial charge in [0.25, 0.3) is 0 Å². The highest BCUT2D eigenvalue weighted by molar-refractivity contribution is 6.31. The third kappa shape index (κ3) is 3.50. The number of nitrogens with one attached hydrogen (secondary N) is 1. The summed E-state index contributed by atoms with van der Waals surface area (Å²) in [6.07, 6.45) is 0.784. The molecule has 0 aromatic heterocycles. The van der Waals surface area contributed by atoms with Crippen LogP contribution in [0.4, 0.5) is 5.69 Å². The third-order valence-electron chi connectivity index (χ3n) is 4.19. The molecule has 2 rings (SSSR count). The van der Waals surface area contributed by atoms with Gasteiger partial charge in [0.2, 0.25) is 5.91 Å². The van der Waals surface area contributed by atoms with Crippen molar-refractivity contribution >= 4 is 23.2 Å². The van der Waals surface area contributed by atoms with E-state index in [9.17, 15) is 4.79 Å². The molecule has 1 aliphatic rings. The minimum Gasteiger partial charge on any atom is -0.370 e. The predicted molar refractivity (Wildman–Crippen MR) is 87.6 cm³/mol. The Morgan fingerprint density at radius 2 is 2.24 bits per heavy atom. The number of nitrogens with zero attached hydrogens (tertiary/aromatic N) is 1. The molecule has 1 unspecified atom stereocenters. The Kier molecular flexibility index (Phi) is 4.79. The van der Waals surface area contributed by atoms with E-state index < -0.39 is 5.41 Å². The minimum atomic E-state index is -0.453. The van der Waals surface area contributed by atoms with Crippen LogP contribution in [0.15, 0.2) is 18.2 Å². The molecular formula is C16H24ClN3O. The molecule has 1 amide bonds. The molecule has 1 atom stereocenters. The predicted octanol–water partition coefficient (Wildman–Crippen LogP) is 2.54. The lowest BCUT2D eigenvalue weighted by Crippen LogP contribution is -2.37. The summed E-state index contributed by atoms with van der Waals surface area (Å²) in [7, 11) is 0. The first-order valence-corrected chi connectivity index (χ1v) is 7.77. The first kappa shape index (κ1) is 16.1. The second-order valence-corrected chi connectivity index (χ2v) is 6.78. The zero-order chi connectivity index (χ0) is 15.6. The summed E-state index contributed by atoms with van der Waals surface area (Å²) in [6, 6.07) is 6.32. The zero-order valence-electron chi connectivity index (χ0n) is 12.9. The quantitative estimate of drug-likeness (QED) is 0.879. The number of carbonyl (C=O) groups is 1. The lowest BCUT2D eigenvalue weighted by Gasteiger charge is -2.25. The van der Waals surface area contributed by atoms with Gasteiger partial charge >= 0.3 is 0 Å². The Hall–Kier alpha value is -1.26. The number of carbonyl (C=O) groups excluding carboxylic acids is 1. The fraction of sp³-hybridized carbons (Fsp3) is 0.562. The maximum Gasteiger partial charge on any atom is 0.225 e. The number of hydrogen-bond acceptors (Lipinski definition) is 3. The molecule has 0 aliphatic carbocycles. The van der Waals surface area contributed by atoms with Crippen LogP contribution in [0.25, 0.3) is 0 Å². The minimum absolute atomic E-state index is 0.228. The van der Waals surface area contributed by atoms with E-state index in [1.165, 1.54) is 0 Å². The van der Waals surface area contributed by atoms with Gasteiger partial charge in [-0.2, -0.15) is 0 Å². The first-order valence-electron chi connectivity index (χ1n) is 7.39. The molecule has 0 saturated carbocycles. The number of hydrogen-bond donors (Lipinski definition) is 2. The third-order valence-corrected chi connectivity index (χ3v) is 4.54. The number of amides is 1. The van der Waals surface area contributed by atoms with Crippen LogP contribution >= 0.6 is 11.6 Å².